The van der Waals surface area contributed by atoms with E-state index in [2.05, 4.69) is 30.5 Å². The molecule has 26 heavy (non-hydrogen) atoms. The highest BCUT2D eigenvalue weighted by Gasteiger charge is 2.23. The highest BCUT2D eigenvalue weighted by Crippen LogP contribution is 2.34. The molecule has 1 aromatic heterocycles. The molecule has 1 aliphatic carbocycles. The number of rotatable bonds is 5. The van der Waals surface area contributed by atoms with E-state index in [1.807, 2.05) is 10.7 Å². The maximum atomic E-state index is 13.4. The summed E-state index contributed by atoms with van der Waals surface area (Å²) in [4.78, 5) is 1.21. The predicted octanol–water partition coefficient (Wildman–Crippen LogP) is 6.22. The van der Waals surface area contributed by atoms with Gasteiger partial charge >= 0.3 is 0 Å². The first kappa shape index (κ1) is 17.4. The van der Waals surface area contributed by atoms with Crippen LogP contribution in [0.5, 0.6) is 0 Å². The first-order valence-corrected chi connectivity index (χ1v) is 10.3. The summed E-state index contributed by atoms with van der Waals surface area (Å²) < 4.78 is 16.0. The summed E-state index contributed by atoms with van der Waals surface area (Å²) >= 11 is 7.30. The minimum absolute atomic E-state index is 0.245. The van der Waals surface area contributed by atoms with Crippen LogP contribution in [-0.4, -0.2) is 16.0 Å². The second-order valence-corrected chi connectivity index (χ2v) is 7.90. The summed E-state index contributed by atoms with van der Waals surface area (Å²) in [6, 6.07) is 16.9. The largest absolute Gasteiger partial charge is 0.254 e. The van der Waals surface area contributed by atoms with Crippen molar-refractivity contribution in [2.45, 2.75) is 24.3 Å². The zero-order valence-electron chi connectivity index (χ0n) is 14.5. The Hall–Kier alpha value is -1.98. The van der Waals surface area contributed by atoms with Crippen molar-refractivity contribution in [1.29, 1.82) is 0 Å². The van der Waals surface area contributed by atoms with E-state index in [-0.39, 0.29) is 5.82 Å². The Kier molecular flexibility index (Phi) is 4.92. The molecule has 0 bridgehead atoms. The Bertz CT molecular complexity index is 974. The lowest BCUT2D eigenvalue weighted by molar-refractivity contribution is 0.547. The van der Waals surface area contributed by atoms with Gasteiger partial charge in [-0.1, -0.05) is 36.5 Å². The third-order valence-electron chi connectivity index (χ3n) is 4.64. The number of nitrogens with zero attached hydrogens (tertiary/aromatic N) is 2. The van der Waals surface area contributed by atoms with E-state index in [0.717, 1.165) is 33.6 Å². The lowest BCUT2D eigenvalue weighted by atomic mass is 10.00. The molecule has 1 heterocycles. The second kappa shape index (κ2) is 7.33. The second-order valence-electron chi connectivity index (χ2n) is 6.61. The zero-order chi connectivity index (χ0) is 18.1. The number of thioether (sulfide) groups is 1. The van der Waals surface area contributed by atoms with Gasteiger partial charge < -0.3 is 0 Å². The summed E-state index contributed by atoms with van der Waals surface area (Å²) in [5.74, 6) is 0.448. The molecule has 0 spiro atoms. The van der Waals surface area contributed by atoms with Gasteiger partial charge in [-0.2, -0.15) is 5.10 Å². The zero-order valence-corrected chi connectivity index (χ0v) is 16.1. The van der Waals surface area contributed by atoms with Crippen LogP contribution < -0.4 is 0 Å². The molecule has 0 aliphatic heterocycles. The molecule has 1 aliphatic rings. The molecule has 0 N–H and O–H groups in total. The van der Waals surface area contributed by atoms with Gasteiger partial charge in [0, 0.05) is 22.6 Å². The van der Waals surface area contributed by atoms with Gasteiger partial charge in [0.05, 0.1) is 5.69 Å². The van der Waals surface area contributed by atoms with Crippen LogP contribution >= 0.6 is 24.0 Å². The molecule has 4 rings (SSSR count). The van der Waals surface area contributed by atoms with E-state index in [1.54, 1.807) is 23.9 Å². The number of hydrogen-bond acceptors (Lipinski definition) is 3. The number of benzene rings is 2. The van der Waals surface area contributed by atoms with Crippen molar-refractivity contribution in [2.24, 2.45) is 5.92 Å². The molecule has 1 fully saturated rings. The molecule has 0 amide bonds. The van der Waals surface area contributed by atoms with Crippen LogP contribution in [0.15, 0.2) is 59.5 Å². The van der Waals surface area contributed by atoms with Gasteiger partial charge in [-0.25, -0.2) is 4.39 Å². The van der Waals surface area contributed by atoms with Crippen molar-refractivity contribution in [3.05, 3.63) is 65.1 Å². The minimum atomic E-state index is -0.245. The Balaban J connectivity index is 1.86. The van der Waals surface area contributed by atoms with E-state index in [9.17, 15) is 4.39 Å². The molecule has 0 unspecified atom stereocenters. The van der Waals surface area contributed by atoms with Crippen molar-refractivity contribution in [1.82, 2.24) is 9.78 Å². The van der Waals surface area contributed by atoms with Gasteiger partial charge in [-0.3, -0.25) is 4.68 Å². The van der Waals surface area contributed by atoms with Crippen molar-refractivity contribution < 1.29 is 4.39 Å². The summed E-state index contributed by atoms with van der Waals surface area (Å²) in [6.45, 7) is 0.873. The standard InChI is InChI=1S/C21H19FN2S2/c1-26-18-10-6-16(7-11-18)21-19(15-4-8-17(22)9-5-15)12-20(25)24(23-21)13-14-2-3-14/h4-12,14H,2-3,13H2,1H3. The fourth-order valence-corrected chi connectivity index (χ4v) is 3.62. The molecule has 3 aromatic rings. The van der Waals surface area contributed by atoms with Crippen LogP contribution in [0.1, 0.15) is 12.8 Å². The smallest absolute Gasteiger partial charge is 0.123 e. The van der Waals surface area contributed by atoms with Gasteiger partial charge in [0.2, 0.25) is 0 Å². The Morgan fingerprint density at radius 1 is 1.08 bits per heavy atom. The average Bonchev–Trinajstić information content (AvgIpc) is 3.48. The third kappa shape index (κ3) is 3.74. The first-order chi connectivity index (χ1) is 12.6. The van der Waals surface area contributed by atoms with Crippen molar-refractivity contribution in [3.63, 3.8) is 0 Å². The van der Waals surface area contributed by atoms with Crippen LogP contribution in [0.25, 0.3) is 22.4 Å². The number of aromatic nitrogens is 2. The predicted molar refractivity (Wildman–Crippen MR) is 108 cm³/mol. The highest BCUT2D eigenvalue weighted by molar-refractivity contribution is 7.98. The highest BCUT2D eigenvalue weighted by atomic mass is 32.2. The Morgan fingerprint density at radius 3 is 2.35 bits per heavy atom. The fraction of sp³-hybridized carbons (Fsp3) is 0.238. The Morgan fingerprint density at radius 2 is 1.73 bits per heavy atom. The maximum absolute atomic E-state index is 13.4. The fourth-order valence-electron chi connectivity index (χ4n) is 2.98. The summed E-state index contributed by atoms with van der Waals surface area (Å²) in [5, 5.41) is 4.89. The minimum Gasteiger partial charge on any atom is -0.254 e. The average molecular weight is 383 g/mol. The van der Waals surface area contributed by atoms with Crippen molar-refractivity contribution >= 4 is 24.0 Å². The molecule has 1 saturated carbocycles. The van der Waals surface area contributed by atoms with Gasteiger partial charge in [0.1, 0.15) is 10.5 Å². The van der Waals surface area contributed by atoms with E-state index < -0.39 is 0 Å². The van der Waals surface area contributed by atoms with Crippen molar-refractivity contribution in [2.75, 3.05) is 6.26 Å². The molecular formula is C21H19FN2S2. The van der Waals surface area contributed by atoms with E-state index in [1.165, 1.54) is 29.9 Å². The van der Waals surface area contributed by atoms with Crippen LogP contribution in [-0.2, 0) is 6.54 Å². The number of halogens is 1. The summed E-state index contributed by atoms with van der Waals surface area (Å²) in [5.41, 5.74) is 3.80. The molecule has 0 radical (unpaired) electrons. The normalized spacial score (nSPS) is 13.8. The van der Waals surface area contributed by atoms with Crippen LogP contribution in [0.4, 0.5) is 4.39 Å². The summed E-state index contributed by atoms with van der Waals surface area (Å²) in [6.07, 6.45) is 4.56. The maximum Gasteiger partial charge on any atom is 0.123 e. The molecule has 0 saturated heterocycles. The summed E-state index contributed by atoms with van der Waals surface area (Å²) in [7, 11) is 0. The Labute approximate surface area is 162 Å². The lowest BCUT2D eigenvalue weighted by Gasteiger charge is -2.14. The topological polar surface area (TPSA) is 17.8 Å². The van der Waals surface area contributed by atoms with Crippen LogP contribution in [0.2, 0.25) is 0 Å². The SMILES string of the molecule is CSc1ccc(-c2nn(CC3CC3)c(=S)cc2-c2ccc(F)cc2)cc1. The molecule has 2 nitrogen and oxygen atoms in total. The molecule has 132 valence electrons. The van der Waals surface area contributed by atoms with E-state index >= 15 is 0 Å². The van der Waals surface area contributed by atoms with Gasteiger partial charge in [0.25, 0.3) is 0 Å². The van der Waals surface area contributed by atoms with Crippen LogP contribution in [0.3, 0.4) is 0 Å². The molecule has 5 heteroatoms. The number of hydrogen-bond donors (Lipinski definition) is 0. The van der Waals surface area contributed by atoms with E-state index in [4.69, 9.17) is 17.3 Å². The molecule has 0 atom stereocenters. The first-order valence-electron chi connectivity index (χ1n) is 8.66. The monoisotopic (exact) mass is 382 g/mol. The van der Waals surface area contributed by atoms with Crippen LogP contribution in [0, 0.1) is 16.4 Å². The lowest BCUT2D eigenvalue weighted by Crippen LogP contribution is -2.09. The quantitative estimate of drug-likeness (QED) is 0.385. The van der Waals surface area contributed by atoms with Crippen molar-refractivity contribution in [3.8, 4) is 22.4 Å². The third-order valence-corrected chi connectivity index (χ3v) is 5.72. The van der Waals surface area contributed by atoms with E-state index in [0.29, 0.717) is 5.92 Å². The van der Waals surface area contributed by atoms with Gasteiger partial charge in [0.15, 0.2) is 0 Å². The molecule has 2 aromatic carbocycles. The van der Waals surface area contributed by atoms with Gasteiger partial charge in [-0.05, 0) is 60.9 Å². The van der Waals surface area contributed by atoms with Gasteiger partial charge in [-0.15, -0.1) is 11.8 Å². The molecular weight excluding hydrogens is 363 g/mol.